The zero-order chi connectivity index (χ0) is 17.1. The molecule has 1 N–H and O–H groups in total. The first-order valence-corrected chi connectivity index (χ1v) is 8.97. The van der Waals surface area contributed by atoms with E-state index in [0.29, 0.717) is 6.54 Å². The molecule has 0 radical (unpaired) electrons. The van der Waals surface area contributed by atoms with Gasteiger partial charge in [0.15, 0.2) is 0 Å². The van der Waals surface area contributed by atoms with E-state index in [1.165, 1.54) is 11.3 Å². The Hall–Kier alpha value is -2.01. The van der Waals surface area contributed by atoms with Crippen LogP contribution in [0.4, 0.5) is 16.2 Å². The Balaban J connectivity index is 1.62. The summed E-state index contributed by atoms with van der Waals surface area (Å²) in [5, 5.41) is 2.97. The van der Waals surface area contributed by atoms with Crippen LogP contribution in [0.1, 0.15) is 12.5 Å². The lowest BCUT2D eigenvalue weighted by Crippen LogP contribution is -2.54. The molecule has 1 fully saturated rings. The number of carbonyl (C=O) groups is 1. The summed E-state index contributed by atoms with van der Waals surface area (Å²) in [6.45, 7) is 6.54. The van der Waals surface area contributed by atoms with Gasteiger partial charge in [-0.25, -0.2) is 4.79 Å². The van der Waals surface area contributed by atoms with Gasteiger partial charge in [0.25, 0.3) is 0 Å². The molecule has 0 aromatic heterocycles. The van der Waals surface area contributed by atoms with Crippen molar-refractivity contribution in [2.75, 3.05) is 29.9 Å². The van der Waals surface area contributed by atoms with Crippen molar-refractivity contribution >= 4 is 33.3 Å². The summed E-state index contributed by atoms with van der Waals surface area (Å²) in [6.07, 6.45) is 0. The Labute approximate surface area is 151 Å². The van der Waals surface area contributed by atoms with E-state index in [0.717, 1.165) is 23.2 Å². The van der Waals surface area contributed by atoms with Crippen LogP contribution in [0.2, 0.25) is 0 Å². The molecule has 1 unspecified atom stereocenters. The molecule has 3 rings (SSSR count). The van der Waals surface area contributed by atoms with Gasteiger partial charge in [0.1, 0.15) is 0 Å². The lowest BCUT2D eigenvalue weighted by atomic mass is 10.1. The Morgan fingerprint density at radius 3 is 2.58 bits per heavy atom. The highest BCUT2D eigenvalue weighted by molar-refractivity contribution is 9.10. The summed E-state index contributed by atoms with van der Waals surface area (Å²) in [5.41, 5.74) is 3.29. The fourth-order valence-corrected chi connectivity index (χ4v) is 3.43. The van der Waals surface area contributed by atoms with E-state index in [1.807, 2.05) is 29.2 Å². The maximum absolute atomic E-state index is 12.5. The van der Waals surface area contributed by atoms with Crippen molar-refractivity contribution in [2.24, 2.45) is 0 Å². The third kappa shape index (κ3) is 3.90. The summed E-state index contributed by atoms with van der Waals surface area (Å²) in [5.74, 6) is 0. The Kier molecular flexibility index (Phi) is 5.09. The number of nitrogens with one attached hydrogen (secondary N) is 1. The summed E-state index contributed by atoms with van der Waals surface area (Å²) in [6, 6.07) is 16.5. The second kappa shape index (κ2) is 7.26. The summed E-state index contributed by atoms with van der Waals surface area (Å²) in [7, 11) is 0. The Morgan fingerprint density at radius 1 is 1.17 bits per heavy atom. The minimum atomic E-state index is -0.0384. The predicted octanol–water partition coefficient (Wildman–Crippen LogP) is 4.50. The number of hydrogen-bond donors (Lipinski definition) is 1. The number of amides is 2. The van der Waals surface area contributed by atoms with Crippen LogP contribution in [0, 0.1) is 6.92 Å². The first-order chi connectivity index (χ1) is 11.5. The zero-order valence-electron chi connectivity index (χ0n) is 14.0. The highest BCUT2D eigenvalue weighted by atomic mass is 79.9. The van der Waals surface area contributed by atoms with Crippen molar-refractivity contribution in [3.63, 3.8) is 0 Å². The normalized spacial score (nSPS) is 17.7. The van der Waals surface area contributed by atoms with Gasteiger partial charge in [-0.05, 0) is 44.2 Å². The lowest BCUT2D eigenvalue weighted by Gasteiger charge is -2.41. The maximum atomic E-state index is 12.5. The van der Waals surface area contributed by atoms with E-state index in [-0.39, 0.29) is 12.1 Å². The number of benzene rings is 2. The van der Waals surface area contributed by atoms with Crippen molar-refractivity contribution in [1.29, 1.82) is 0 Å². The van der Waals surface area contributed by atoms with Gasteiger partial charge in [0.2, 0.25) is 0 Å². The van der Waals surface area contributed by atoms with Gasteiger partial charge in [0.05, 0.1) is 0 Å². The molecule has 1 saturated heterocycles. The van der Waals surface area contributed by atoms with E-state index >= 15 is 0 Å². The van der Waals surface area contributed by atoms with Crippen molar-refractivity contribution in [3.05, 3.63) is 58.6 Å². The second-order valence-electron chi connectivity index (χ2n) is 6.26. The van der Waals surface area contributed by atoms with Crippen LogP contribution in [-0.4, -0.2) is 36.6 Å². The maximum Gasteiger partial charge on any atom is 0.321 e. The standard InChI is InChI=1S/C19H22BrN3O/c1-14-6-8-18(9-7-14)23-11-10-22(13-15(23)2)19(24)21-17-5-3-4-16(20)12-17/h3-9,12,15H,10-11,13H2,1-2H3,(H,21,24). The largest absolute Gasteiger partial charge is 0.365 e. The second-order valence-corrected chi connectivity index (χ2v) is 7.18. The Morgan fingerprint density at radius 2 is 1.92 bits per heavy atom. The number of carbonyl (C=O) groups excluding carboxylic acids is 1. The molecular weight excluding hydrogens is 366 g/mol. The molecule has 0 spiro atoms. The molecule has 0 aliphatic carbocycles. The summed E-state index contributed by atoms with van der Waals surface area (Å²) >= 11 is 3.42. The molecule has 2 aromatic carbocycles. The third-order valence-electron chi connectivity index (χ3n) is 4.36. The molecule has 1 aliphatic heterocycles. The SMILES string of the molecule is Cc1ccc(N2CCN(C(=O)Nc3cccc(Br)c3)CC2C)cc1. The van der Waals surface area contributed by atoms with E-state index in [2.05, 4.69) is 64.3 Å². The van der Waals surface area contributed by atoms with Crippen molar-refractivity contribution < 1.29 is 4.79 Å². The minimum absolute atomic E-state index is 0.0384. The van der Waals surface area contributed by atoms with E-state index in [4.69, 9.17) is 0 Å². The van der Waals surface area contributed by atoms with Crippen LogP contribution in [-0.2, 0) is 0 Å². The van der Waals surface area contributed by atoms with Gasteiger partial charge in [-0.1, -0.05) is 39.7 Å². The molecule has 1 atom stereocenters. The third-order valence-corrected chi connectivity index (χ3v) is 4.85. The molecular formula is C19H22BrN3O. The molecule has 4 nitrogen and oxygen atoms in total. The number of rotatable bonds is 2. The van der Waals surface area contributed by atoms with Crippen molar-refractivity contribution in [1.82, 2.24) is 4.90 Å². The van der Waals surface area contributed by atoms with Gasteiger partial charge < -0.3 is 15.1 Å². The van der Waals surface area contributed by atoms with Gasteiger partial charge in [-0.2, -0.15) is 0 Å². The zero-order valence-corrected chi connectivity index (χ0v) is 15.6. The topological polar surface area (TPSA) is 35.6 Å². The highest BCUT2D eigenvalue weighted by Gasteiger charge is 2.26. The number of urea groups is 1. The molecule has 1 aliphatic rings. The van der Waals surface area contributed by atoms with Gasteiger partial charge in [-0.15, -0.1) is 0 Å². The fourth-order valence-electron chi connectivity index (χ4n) is 3.03. The monoisotopic (exact) mass is 387 g/mol. The smallest absolute Gasteiger partial charge is 0.321 e. The minimum Gasteiger partial charge on any atom is -0.365 e. The number of piperazine rings is 1. The first-order valence-electron chi connectivity index (χ1n) is 8.18. The average molecular weight is 388 g/mol. The van der Waals surface area contributed by atoms with Crippen molar-refractivity contribution in [3.8, 4) is 0 Å². The van der Waals surface area contributed by atoms with Crippen LogP contribution in [0.15, 0.2) is 53.0 Å². The van der Waals surface area contributed by atoms with E-state index < -0.39 is 0 Å². The molecule has 0 saturated carbocycles. The average Bonchev–Trinajstić information content (AvgIpc) is 2.56. The highest BCUT2D eigenvalue weighted by Crippen LogP contribution is 2.22. The van der Waals surface area contributed by atoms with E-state index in [9.17, 15) is 4.79 Å². The molecule has 2 aromatic rings. The molecule has 1 heterocycles. The fraction of sp³-hybridized carbons (Fsp3) is 0.316. The molecule has 24 heavy (non-hydrogen) atoms. The van der Waals surface area contributed by atoms with Gasteiger partial charge in [-0.3, -0.25) is 0 Å². The molecule has 5 heteroatoms. The number of hydrogen-bond acceptors (Lipinski definition) is 2. The summed E-state index contributed by atoms with van der Waals surface area (Å²) < 4.78 is 0.956. The van der Waals surface area contributed by atoms with E-state index in [1.54, 1.807) is 0 Å². The van der Waals surface area contributed by atoms with Crippen LogP contribution < -0.4 is 10.2 Å². The summed E-state index contributed by atoms with van der Waals surface area (Å²) in [4.78, 5) is 16.7. The van der Waals surface area contributed by atoms with Gasteiger partial charge in [0, 0.05) is 41.5 Å². The van der Waals surface area contributed by atoms with Crippen molar-refractivity contribution in [2.45, 2.75) is 19.9 Å². The predicted molar refractivity (Wildman–Crippen MR) is 103 cm³/mol. The van der Waals surface area contributed by atoms with Crippen LogP contribution in [0.25, 0.3) is 0 Å². The number of anilines is 2. The van der Waals surface area contributed by atoms with Crippen LogP contribution in [0.5, 0.6) is 0 Å². The van der Waals surface area contributed by atoms with Crippen LogP contribution >= 0.6 is 15.9 Å². The number of aryl methyl sites for hydroxylation is 1. The lowest BCUT2D eigenvalue weighted by molar-refractivity contribution is 0.200. The molecule has 2 amide bonds. The molecule has 0 bridgehead atoms. The Bertz CT molecular complexity index is 717. The quantitative estimate of drug-likeness (QED) is 0.822. The number of nitrogens with zero attached hydrogens (tertiary/aromatic N) is 2. The van der Waals surface area contributed by atoms with Gasteiger partial charge >= 0.3 is 6.03 Å². The van der Waals surface area contributed by atoms with Crippen LogP contribution in [0.3, 0.4) is 0 Å². The molecule has 126 valence electrons. The first kappa shape index (κ1) is 16.8. The number of halogens is 1.